The molecule has 0 saturated carbocycles. The van der Waals surface area contributed by atoms with Gasteiger partial charge in [0, 0.05) is 30.9 Å². The van der Waals surface area contributed by atoms with Crippen LogP contribution in [-0.4, -0.2) is 29.9 Å². The summed E-state index contributed by atoms with van der Waals surface area (Å²) in [7, 11) is 0. The Kier molecular flexibility index (Phi) is 4.67. The number of hydrogen-bond acceptors (Lipinski definition) is 2. The minimum absolute atomic E-state index is 0.0737. The van der Waals surface area contributed by atoms with Gasteiger partial charge >= 0.3 is 0 Å². The molecule has 1 aliphatic rings. The highest BCUT2D eigenvalue weighted by Crippen LogP contribution is 2.26. The largest absolute Gasteiger partial charge is 0.310 e. The van der Waals surface area contributed by atoms with Crippen LogP contribution in [-0.2, 0) is 11.3 Å². The molecule has 3 nitrogen and oxygen atoms in total. The van der Waals surface area contributed by atoms with Crippen molar-refractivity contribution in [3.8, 4) is 0 Å². The predicted octanol–water partition coefficient (Wildman–Crippen LogP) is 3.68. The molecule has 1 saturated heterocycles. The fourth-order valence-corrected chi connectivity index (χ4v) is 3.32. The maximum Gasteiger partial charge on any atom is 0.244 e. The Bertz CT molecular complexity index is 759. The summed E-state index contributed by atoms with van der Waals surface area (Å²) in [6.45, 7) is 7.80. The van der Waals surface area contributed by atoms with Crippen molar-refractivity contribution >= 4 is 11.6 Å². The van der Waals surface area contributed by atoms with E-state index in [0.29, 0.717) is 18.7 Å². The normalized spacial score (nSPS) is 18.9. The van der Waals surface area contributed by atoms with Gasteiger partial charge < -0.3 is 4.90 Å². The standard InChI is InChI=1S/C20H23FN2O/c1-14-8-9-19(15(2)12-14)23-11-10-22(16(3)20(23)24)13-17-6-4-5-7-18(17)21/h4-9,12,16H,10-11,13H2,1-3H3/t16-/m0/s1. The van der Waals surface area contributed by atoms with E-state index in [1.165, 1.54) is 11.6 Å². The van der Waals surface area contributed by atoms with Gasteiger partial charge in [-0.1, -0.05) is 35.9 Å². The van der Waals surface area contributed by atoms with Crippen LogP contribution in [0.2, 0.25) is 0 Å². The molecule has 0 aromatic heterocycles. The number of halogens is 1. The van der Waals surface area contributed by atoms with E-state index in [2.05, 4.69) is 6.07 Å². The summed E-state index contributed by atoms with van der Waals surface area (Å²) in [6, 6.07) is 12.6. The lowest BCUT2D eigenvalue weighted by Crippen LogP contribution is -2.55. The highest BCUT2D eigenvalue weighted by atomic mass is 19.1. The topological polar surface area (TPSA) is 23.6 Å². The summed E-state index contributed by atoms with van der Waals surface area (Å²) >= 11 is 0. The summed E-state index contributed by atoms with van der Waals surface area (Å²) in [5, 5.41) is 0. The Labute approximate surface area is 142 Å². The number of anilines is 1. The van der Waals surface area contributed by atoms with Crippen LogP contribution >= 0.6 is 0 Å². The molecule has 0 unspecified atom stereocenters. The van der Waals surface area contributed by atoms with Crippen LogP contribution in [0.3, 0.4) is 0 Å². The number of hydrogen-bond donors (Lipinski definition) is 0. The lowest BCUT2D eigenvalue weighted by Gasteiger charge is -2.39. The quantitative estimate of drug-likeness (QED) is 0.859. The first-order valence-corrected chi connectivity index (χ1v) is 8.33. The molecular weight excluding hydrogens is 303 g/mol. The zero-order valence-corrected chi connectivity index (χ0v) is 14.4. The molecule has 0 aliphatic carbocycles. The molecule has 1 heterocycles. The maximum atomic E-state index is 13.9. The zero-order chi connectivity index (χ0) is 17.3. The van der Waals surface area contributed by atoms with Gasteiger partial charge in [-0.15, -0.1) is 0 Å². The van der Waals surface area contributed by atoms with Crippen LogP contribution < -0.4 is 4.90 Å². The van der Waals surface area contributed by atoms with Crippen LogP contribution in [0, 0.1) is 19.7 Å². The average Bonchev–Trinajstić information content (AvgIpc) is 2.55. The van der Waals surface area contributed by atoms with Gasteiger partial charge in [0.25, 0.3) is 0 Å². The summed E-state index contributed by atoms with van der Waals surface area (Å²) < 4.78 is 13.9. The lowest BCUT2D eigenvalue weighted by atomic mass is 10.1. The predicted molar refractivity (Wildman–Crippen MR) is 94.5 cm³/mol. The minimum Gasteiger partial charge on any atom is -0.310 e. The van der Waals surface area contributed by atoms with Crippen molar-refractivity contribution in [1.29, 1.82) is 0 Å². The number of aryl methyl sites for hydroxylation is 2. The third kappa shape index (κ3) is 3.20. The number of piperazine rings is 1. The minimum atomic E-state index is -0.265. The number of amides is 1. The van der Waals surface area contributed by atoms with Gasteiger partial charge in [-0.25, -0.2) is 4.39 Å². The molecule has 3 rings (SSSR count). The first kappa shape index (κ1) is 16.7. The maximum absolute atomic E-state index is 13.9. The smallest absolute Gasteiger partial charge is 0.244 e. The average molecular weight is 326 g/mol. The molecule has 4 heteroatoms. The molecule has 1 fully saturated rings. The summed E-state index contributed by atoms with van der Waals surface area (Å²) in [4.78, 5) is 16.7. The van der Waals surface area contributed by atoms with Crippen molar-refractivity contribution in [2.24, 2.45) is 0 Å². The van der Waals surface area contributed by atoms with Crippen molar-refractivity contribution in [1.82, 2.24) is 4.90 Å². The Morgan fingerprint density at radius 2 is 1.88 bits per heavy atom. The second kappa shape index (κ2) is 6.73. The van der Waals surface area contributed by atoms with Crippen molar-refractivity contribution in [2.75, 3.05) is 18.0 Å². The van der Waals surface area contributed by atoms with Crippen LogP contribution in [0.4, 0.5) is 10.1 Å². The number of carbonyl (C=O) groups excluding carboxylic acids is 1. The highest BCUT2D eigenvalue weighted by molar-refractivity contribution is 5.98. The SMILES string of the molecule is Cc1ccc(N2CCN(Cc3ccccc3F)[C@@H](C)C2=O)c(C)c1. The molecule has 24 heavy (non-hydrogen) atoms. The molecule has 2 aromatic carbocycles. The van der Waals surface area contributed by atoms with Crippen molar-refractivity contribution in [2.45, 2.75) is 33.4 Å². The number of nitrogens with zero attached hydrogens (tertiary/aromatic N) is 2. The molecule has 2 aromatic rings. The monoisotopic (exact) mass is 326 g/mol. The molecule has 0 N–H and O–H groups in total. The number of rotatable bonds is 3. The Morgan fingerprint density at radius 1 is 1.12 bits per heavy atom. The van der Waals surface area contributed by atoms with Crippen molar-refractivity contribution < 1.29 is 9.18 Å². The Hall–Kier alpha value is -2.20. The first-order chi connectivity index (χ1) is 11.5. The Morgan fingerprint density at radius 3 is 2.58 bits per heavy atom. The van der Waals surface area contributed by atoms with Gasteiger partial charge in [-0.05, 0) is 38.5 Å². The summed E-state index contributed by atoms with van der Waals surface area (Å²) in [6.07, 6.45) is 0. The zero-order valence-electron chi connectivity index (χ0n) is 14.4. The van der Waals surface area contributed by atoms with E-state index >= 15 is 0 Å². The van der Waals surface area contributed by atoms with E-state index in [1.807, 2.05) is 48.8 Å². The van der Waals surface area contributed by atoms with Gasteiger partial charge in [-0.3, -0.25) is 9.69 Å². The lowest BCUT2D eigenvalue weighted by molar-refractivity contribution is -0.125. The highest BCUT2D eigenvalue weighted by Gasteiger charge is 2.33. The van der Waals surface area contributed by atoms with E-state index in [-0.39, 0.29) is 17.8 Å². The molecule has 1 atom stereocenters. The van der Waals surface area contributed by atoms with E-state index in [4.69, 9.17) is 0 Å². The molecule has 0 radical (unpaired) electrons. The number of benzene rings is 2. The van der Waals surface area contributed by atoms with Gasteiger partial charge in [0.2, 0.25) is 5.91 Å². The van der Waals surface area contributed by atoms with Crippen LogP contribution in [0.1, 0.15) is 23.6 Å². The van der Waals surface area contributed by atoms with Gasteiger partial charge in [0.1, 0.15) is 5.82 Å². The fraction of sp³-hybridized carbons (Fsp3) is 0.350. The molecule has 0 bridgehead atoms. The van der Waals surface area contributed by atoms with Crippen LogP contribution in [0.25, 0.3) is 0 Å². The van der Waals surface area contributed by atoms with Gasteiger partial charge in [-0.2, -0.15) is 0 Å². The molecular formula is C20H23FN2O. The third-order valence-corrected chi connectivity index (χ3v) is 4.76. The first-order valence-electron chi connectivity index (χ1n) is 8.33. The van der Waals surface area contributed by atoms with Gasteiger partial charge in [0.15, 0.2) is 0 Å². The molecule has 0 spiro atoms. The summed E-state index contributed by atoms with van der Waals surface area (Å²) in [5.74, 6) is -0.140. The van der Waals surface area contributed by atoms with E-state index in [1.54, 1.807) is 12.1 Å². The van der Waals surface area contributed by atoms with E-state index < -0.39 is 0 Å². The van der Waals surface area contributed by atoms with Crippen LogP contribution in [0.15, 0.2) is 42.5 Å². The molecule has 1 amide bonds. The van der Waals surface area contributed by atoms with Crippen LogP contribution in [0.5, 0.6) is 0 Å². The second-order valence-electron chi connectivity index (χ2n) is 6.52. The van der Waals surface area contributed by atoms with E-state index in [0.717, 1.165) is 17.8 Å². The Balaban J connectivity index is 1.77. The van der Waals surface area contributed by atoms with Crippen molar-refractivity contribution in [3.63, 3.8) is 0 Å². The fourth-order valence-electron chi connectivity index (χ4n) is 3.32. The molecule has 1 aliphatic heterocycles. The van der Waals surface area contributed by atoms with Crippen molar-refractivity contribution in [3.05, 3.63) is 65.0 Å². The van der Waals surface area contributed by atoms with E-state index in [9.17, 15) is 9.18 Å². The summed E-state index contributed by atoms with van der Waals surface area (Å²) in [5.41, 5.74) is 3.91. The number of carbonyl (C=O) groups is 1. The third-order valence-electron chi connectivity index (χ3n) is 4.76. The van der Waals surface area contributed by atoms with Gasteiger partial charge in [0.05, 0.1) is 6.04 Å². The second-order valence-corrected chi connectivity index (χ2v) is 6.52. The molecule has 126 valence electrons.